The predicted molar refractivity (Wildman–Crippen MR) is 26.9 cm³/mol. The first-order valence-corrected chi connectivity index (χ1v) is 2.86. The third-order valence-electron chi connectivity index (χ3n) is 0.283. The Labute approximate surface area is 38.5 Å². The fraction of sp³-hybridized carbons (Fsp3) is 1.00. The minimum atomic E-state index is -1.60. The van der Waals surface area contributed by atoms with E-state index in [1.165, 1.54) is 0 Å². The zero-order valence-electron chi connectivity index (χ0n) is 3.76. The van der Waals surface area contributed by atoms with Gasteiger partial charge < -0.3 is 15.9 Å². The molecule has 3 nitrogen and oxygen atoms in total. The zero-order valence-corrected chi connectivity index (χ0v) is 4.65. The van der Waals surface area contributed by atoms with Crippen LogP contribution < -0.4 is 6.15 Å². The SMILES string of the molecule is CCP(O)O.N. The van der Waals surface area contributed by atoms with Crippen molar-refractivity contribution in [1.82, 2.24) is 6.15 Å². The smallest absolute Gasteiger partial charge is 0.164 e. The Morgan fingerprint density at radius 2 is 1.67 bits per heavy atom. The van der Waals surface area contributed by atoms with Crippen LogP contribution in [0.3, 0.4) is 0 Å². The Hall–Kier alpha value is 0.310. The van der Waals surface area contributed by atoms with Crippen molar-refractivity contribution in [2.75, 3.05) is 6.16 Å². The summed E-state index contributed by atoms with van der Waals surface area (Å²) in [5.74, 6) is 0. The van der Waals surface area contributed by atoms with Crippen LogP contribution in [0.5, 0.6) is 0 Å². The van der Waals surface area contributed by atoms with Gasteiger partial charge in [0.15, 0.2) is 8.38 Å². The summed E-state index contributed by atoms with van der Waals surface area (Å²) in [5, 5.41) is 0. The lowest BCUT2D eigenvalue weighted by atomic mass is 11.0. The molecule has 0 amide bonds. The van der Waals surface area contributed by atoms with Crippen LogP contribution in [0.25, 0.3) is 0 Å². The Morgan fingerprint density at radius 3 is 1.67 bits per heavy atom. The van der Waals surface area contributed by atoms with Gasteiger partial charge in [0.05, 0.1) is 0 Å². The van der Waals surface area contributed by atoms with Crippen molar-refractivity contribution in [1.29, 1.82) is 0 Å². The van der Waals surface area contributed by atoms with E-state index in [-0.39, 0.29) is 6.15 Å². The summed E-state index contributed by atoms with van der Waals surface area (Å²) in [6, 6.07) is 0. The molecule has 40 valence electrons. The van der Waals surface area contributed by atoms with Gasteiger partial charge >= 0.3 is 0 Å². The van der Waals surface area contributed by atoms with Crippen LogP contribution >= 0.6 is 8.38 Å². The van der Waals surface area contributed by atoms with Crippen LogP contribution in [-0.2, 0) is 0 Å². The molecule has 0 bridgehead atoms. The minimum Gasteiger partial charge on any atom is -0.350 e. The second kappa shape index (κ2) is 5.31. The van der Waals surface area contributed by atoms with E-state index >= 15 is 0 Å². The monoisotopic (exact) mass is 111 g/mol. The van der Waals surface area contributed by atoms with Gasteiger partial charge in [0.2, 0.25) is 0 Å². The molecule has 0 fully saturated rings. The molecule has 0 aliphatic heterocycles. The Balaban J connectivity index is 0. The number of hydrogen-bond donors (Lipinski definition) is 3. The lowest BCUT2D eigenvalue weighted by molar-refractivity contribution is 0.484. The second-order valence-electron chi connectivity index (χ2n) is 0.689. The van der Waals surface area contributed by atoms with Gasteiger partial charge in [-0.1, -0.05) is 6.92 Å². The molecule has 0 unspecified atom stereocenters. The normalized spacial score (nSPS) is 8.00. The molecule has 0 rings (SSSR count). The molecule has 0 aliphatic carbocycles. The maximum Gasteiger partial charge on any atom is 0.164 e. The van der Waals surface area contributed by atoms with Gasteiger partial charge in [-0.2, -0.15) is 0 Å². The fourth-order valence-corrected chi connectivity index (χ4v) is 0. The second-order valence-corrected chi connectivity index (χ2v) is 2.07. The first kappa shape index (κ1) is 9.58. The van der Waals surface area contributed by atoms with Gasteiger partial charge in [0.1, 0.15) is 0 Å². The van der Waals surface area contributed by atoms with Crippen LogP contribution in [0, 0.1) is 0 Å². The fourth-order valence-electron chi connectivity index (χ4n) is 0. The lowest BCUT2D eigenvalue weighted by Crippen LogP contribution is -1.67. The molecule has 0 spiro atoms. The summed E-state index contributed by atoms with van der Waals surface area (Å²) in [7, 11) is -1.60. The highest BCUT2D eigenvalue weighted by atomic mass is 31.2. The first-order valence-electron chi connectivity index (χ1n) is 1.42. The van der Waals surface area contributed by atoms with E-state index in [0.717, 1.165) is 0 Å². The Morgan fingerprint density at radius 1 is 1.50 bits per heavy atom. The van der Waals surface area contributed by atoms with E-state index in [1.807, 2.05) is 0 Å². The van der Waals surface area contributed by atoms with Crippen molar-refractivity contribution in [3.05, 3.63) is 0 Å². The van der Waals surface area contributed by atoms with E-state index in [9.17, 15) is 0 Å². The van der Waals surface area contributed by atoms with E-state index in [0.29, 0.717) is 6.16 Å². The van der Waals surface area contributed by atoms with E-state index in [1.54, 1.807) is 6.92 Å². The van der Waals surface area contributed by atoms with Crippen molar-refractivity contribution in [3.8, 4) is 0 Å². The van der Waals surface area contributed by atoms with Gasteiger partial charge in [-0.05, 0) is 0 Å². The third-order valence-corrected chi connectivity index (χ3v) is 0.849. The molecule has 0 heterocycles. The summed E-state index contributed by atoms with van der Waals surface area (Å²) >= 11 is 0. The highest BCUT2D eigenvalue weighted by molar-refractivity contribution is 7.45. The standard InChI is InChI=1S/C2H7O2P.H3N/c1-2-5(3)4;/h3-4H,2H2,1H3;1H3. The lowest BCUT2D eigenvalue weighted by Gasteiger charge is -1.88. The Kier molecular flexibility index (Phi) is 8.48. The van der Waals surface area contributed by atoms with Crippen molar-refractivity contribution < 1.29 is 9.79 Å². The highest BCUT2D eigenvalue weighted by Gasteiger charge is 1.84. The zero-order chi connectivity index (χ0) is 4.28. The van der Waals surface area contributed by atoms with Crippen LogP contribution in [-0.4, -0.2) is 15.9 Å². The quantitative estimate of drug-likeness (QED) is 0.430. The maximum atomic E-state index is 7.98. The van der Waals surface area contributed by atoms with Crippen LogP contribution in [0.15, 0.2) is 0 Å². The van der Waals surface area contributed by atoms with Crippen molar-refractivity contribution in [2.45, 2.75) is 6.92 Å². The molecular weight excluding hydrogens is 101 g/mol. The molecule has 0 saturated carbocycles. The molecule has 0 aliphatic rings. The van der Waals surface area contributed by atoms with Gasteiger partial charge in [-0.3, -0.25) is 0 Å². The minimum absolute atomic E-state index is 0. The molecule has 0 aromatic heterocycles. The number of rotatable bonds is 1. The predicted octanol–water partition coefficient (Wildman–Crippen LogP) is 0.465. The van der Waals surface area contributed by atoms with Gasteiger partial charge in [-0.25, -0.2) is 0 Å². The molecule has 0 radical (unpaired) electrons. The average Bonchev–Trinajstić information content (AvgIpc) is 1.38. The first-order chi connectivity index (χ1) is 2.27. The van der Waals surface area contributed by atoms with Crippen molar-refractivity contribution in [2.24, 2.45) is 0 Å². The Bertz CT molecular complexity index is 25.5. The summed E-state index contributed by atoms with van der Waals surface area (Å²) in [5.41, 5.74) is 0. The largest absolute Gasteiger partial charge is 0.350 e. The molecule has 0 atom stereocenters. The molecule has 5 N–H and O–H groups in total. The van der Waals surface area contributed by atoms with E-state index in [2.05, 4.69) is 0 Å². The topological polar surface area (TPSA) is 75.5 Å². The molecule has 4 heteroatoms. The van der Waals surface area contributed by atoms with Crippen molar-refractivity contribution >= 4 is 8.38 Å². The summed E-state index contributed by atoms with van der Waals surface area (Å²) in [6.45, 7) is 1.73. The molecule has 6 heavy (non-hydrogen) atoms. The maximum absolute atomic E-state index is 7.98. The van der Waals surface area contributed by atoms with E-state index in [4.69, 9.17) is 9.79 Å². The molecular formula is C2H10NO2P. The summed E-state index contributed by atoms with van der Waals surface area (Å²) in [6.07, 6.45) is 0.481. The average molecular weight is 111 g/mol. The van der Waals surface area contributed by atoms with Gasteiger partial charge in [-0.15, -0.1) is 0 Å². The van der Waals surface area contributed by atoms with Crippen LogP contribution in [0.4, 0.5) is 0 Å². The van der Waals surface area contributed by atoms with Crippen molar-refractivity contribution in [3.63, 3.8) is 0 Å². The summed E-state index contributed by atoms with van der Waals surface area (Å²) < 4.78 is 0. The van der Waals surface area contributed by atoms with Crippen LogP contribution in [0.1, 0.15) is 6.92 Å². The molecule has 0 aromatic carbocycles. The van der Waals surface area contributed by atoms with Crippen LogP contribution in [0.2, 0.25) is 0 Å². The van der Waals surface area contributed by atoms with Gasteiger partial charge in [0.25, 0.3) is 0 Å². The van der Waals surface area contributed by atoms with Gasteiger partial charge in [0, 0.05) is 6.16 Å². The molecule has 0 aromatic rings. The number of hydrogen-bond acceptors (Lipinski definition) is 3. The summed E-state index contributed by atoms with van der Waals surface area (Å²) in [4.78, 5) is 16.0. The van der Waals surface area contributed by atoms with E-state index < -0.39 is 8.38 Å². The third kappa shape index (κ3) is 8.85. The highest BCUT2D eigenvalue weighted by Crippen LogP contribution is 2.19. The molecule has 0 saturated heterocycles.